The van der Waals surface area contributed by atoms with E-state index >= 15 is 0 Å². The van der Waals surface area contributed by atoms with Gasteiger partial charge in [0.1, 0.15) is 5.75 Å². The first-order valence-electron chi connectivity index (χ1n) is 11.6. The van der Waals surface area contributed by atoms with E-state index in [1.807, 2.05) is 24.3 Å². The van der Waals surface area contributed by atoms with Gasteiger partial charge in [0.2, 0.25) is 11.8 Å². The molecule has 0 spiro atoms. The summed E-state index contributed by atoms with van der Waals surface area (Å²) in [6, 6.07) is 8.31. The van der Waals surface area contributed by atoms with Gasteiger partial charge in [0, 0.05) is 44.6 Å². The normalized spacial score (nSPS) is 19.8. The zero-order valence-electron chi connectivity index (χ0n) is 19.4. The quantitative estimate of drug-likeness (QED) is 0.343. The molecule has 1 heterocycles. The van der Waals surface area contributed by atoms with Gasteiger partial charge in [-0.2, -0.15) is 0 Å². The number of likely N-dealkylation sites (tertiary alicyclic amines) is 1. The summed E-state index contributed by atoms with van der Waals surface area (Å²) in [6.45, 7) is 1.66. The third-order valence-electron chi connectivity index (χ3n) is 6.14. The van der Waals surface area contributed by atoms with Crippen LogP contribution >= 0.6 is 0 Å². The Morgan fingerprint density at radius 2 is 1.82 bits per heavy atom. The Balaban J connectivity index is 0.00000122. The number of para-hydroxylation sites is 1. The van der Waals surface area contributed by atoms with Crippen LogP contribution in [0.5, 0.6) is 5.75 Å². The van der Waals surface area contributed by atoms with Crippen molar-refractivity contribution in [2.24, 2.45) is 5.92 Å². The molecule has 1 aromatic rings. The maximum absolute atomic E-state index is 12.4. The summed E-state index contributed by atoms with van der Waals surface area (Å²) in [4.78, 5) is 35.4. The Bertz CT molecular complexity index is 755. The van der Waals surface area contributed by atoms with Crippen molar-refractivity contribution < 1.29 is 29.3 Å². The number of nitrogens with zero attached hydrogens (tertiary/aromatic N) is 1. The van der Waals surface area contributed by atoms with Crippen molar-refractivity contribution in [1.29, 1.82) is 0 Å². The Morgan fingerprint density at radius 3 is 2.48 bits per heavy atom. The Morgan fingerprint density at radius 1 is 1.12 bits per heavy atom. The molecule has 2 aliphatic rings. The number of amides is 2. The predicted molar refractivity (Wildman–Crippen MR) is 124 cm³/mol. The fourth-order valence-corrected chi connectivity index (χ4v) is 4.31. The van der Waals surface area contributed by atoms with Crippen LogP contribution in [0.15, 0.2) is 24.3 Å². The van der Waals surface area contributed by atoms with Gasteiger partial charge in [0.05, 0.1) is 13.7 Å². The highest BCUT2D eigenvalue weighted by Gasteiger charge is 2.37. The summed E-state index contributed by atoms with van der Waals surface area (Å²) in [5.41, 5.74) is 1.04. The molecule has 1 aliphatic carbocycles. The van der Waals surface area contributed by atoms with Crippen LogP contribution in [0.2, 0.25) is 0 Å². The highest BCUT2D eigenvalue weighted by atomic mass is 16.5. The fraction of sp³-hybridized carbons (Fsp3) is 0.625. The molecule has 3 rings (SSSR count). The van der Waals surface area contributed by atoms with E-state index in [4.69, 9.17) is 19.7 Å². The van der Waals surface area contributed by atoms with Crippen LogP contribution in [-0.4, -0.2) is 78.8 Å². The number of aryl methyl sites for hydroxylation is 1. The molecule has 33 heavy (non-hydrogen) atoms. The van der Waals surface area contributed by atoms with Crippen molar-refractivity contribution in [3.63, 3.8) is 0 Å². The number of aliphatic hydroxyl groups excluding tert-OH is 1. The highest BCUT2D eigenvalue weighted by molar-refractivity contribution is 5.77. The third kappa shape index (κ3) is 9.39. The lowest BCUT2D eigenvalue weighted by atomic mass is 10.1. The highest BCUT2D eigenvalue weighted by Crippen LogP contribution is 2.35. The molecule has 9 nitrogen and oxygen atoms in total. The van der Waals surface area contributed by atoms with Crippen molar-refractivity contribution in [2.45, 2.75) is 57.0 Å². The Labute approximate surface area is 195 Å². The van der Waals surface area contributed by atoms with E-state index in [2.05, 4.69) is 15.5 Å². The third-order valence-corrected chi connectivity index (χ3v) is 6.14. The Kier molecular flexibility index (Phi) is 11.7. The molecule has 2 atom stereocenters. The monoisotopic (exact) mass is 463 g/mol. The Hall–Kier alpha value is -2.65. The van der Waals surface area contributed by atoms with Crippen LogP contribution in [0.25, 0.3) is 0 Å². The van der Waals surface area contributed by atoms with Crippen LogP contribution in [0.1, 0.15) is 44.1 Å². The molecule has 2 fully saturated rings. The smallest absolute Gasteiger partial charge is 0.290 e. The summed E-state index contributed by atoms with van der Waals surface area (Å²) in [5, 5.41) is 21.7. The number of aliphatic hydroxyl groups is 1. The van der Waals surface area contributed by atoms with Crippen LogP contribution in [0, 0.1) is 5.92 Å². The number of carbonyl (C=O) groups is 3. The van der Waals surface area contributed by atoms with Crippen LogP contribution in [0.4, 0.5) is 0 Å². The standard InChI is InChI=1S/C23H35N3O4.CH2O2/c1-30-21-5-3-2-4-18(21)8-11-22(28)25-15-20-10-9-19(14-23(29)24-12-13-27)26(20)16-17-6-7-17;2-1-3/h2-5,17,19-20,27H,6-16H2,1H3,(H,24,29)(H,25,28);1H,(H,2,3)/t19-,20+;/m1./s1. The van der Waals surface area contributed by atoms with Gasteiger partial charge in [0.15, 0.2) is 0 Å². The maximum atomic E-state index is 12.4. The van der Waals surface area contributed by atoms with E-state index in [0.29, 0.717) is 32.4 Å². The first-order valence-corrected chi connectivity index (χ1v) is 11.6. The van der Waals surface area contributed by atoms with E-state index in [1.54, 1.807) is 7.11 Å². The largest absolute Gasteiger partial charge is 0.496 e. The summed E-state index contributed by atoms with van der Waals surface area (Å²) in [7, 11) is 1.65. The molecule has 0 radical (unpaired) electrons. The average Bonchev–Trinajstić information content (AvgIpc) is 3.57. The SMILES string of the molecule is COc1ccccc1CCC(=O)NC[C@@H]1CC[C@H](CC(=O)NCCO)N1CC1CC1.O=CO. The van der Waals surface area contributed by atoms with Gasteiger partial charge < -0.3 is 25.6 Å². The van der Waals surface area contributed by atoms with Crippen LogP contribution in [-0.2, 0) is 20.8 Å². The molecular formula is C24H37N3O6. The van der Waals surface area contributed by atoms with E-state index in [1.165, 1.54) is 12.8 Å². The summed E-state index contributed by atoms with van der Waals surface area (Å²) in [5.74, 6) is 1.60. The zero-order valence-corrected chi connectivity index (χ0v) is 19.4. The average molecular weight is 464 g/mol. The lowest BCUT2D eigenvalue weighted by Gasteiger charge is -2.30. The van der Waals surface area contributed by atoms with Crippen molar-refractivity contribution in [2.75, 3.05) is 33.4 Å². The van der Waals surface area contributed by atoms with Crippen molar-refractivity contribution in [3.05, 3.63) is 29.8 Å². The summed E-state index contributed by atoms with van der Waals surface area (Å²) < 4.78 is 5.36. The van der Waals surface area contributed by atoms with Crippen molar-refractivity contribution in [1.82, 2.24) is 15.5 Å². The first kappa shape index (κ1) is 26.6. The minimum atomic E-state index is -0.250. The van der Waals surface area contributed by atoms with Gasteiger partial charge in [-0.25, -0.2) is 0 Å². The lowest BCUT2D eigenvalue weighted by molar-refractivity contribution is -0.123. The number of carboxylic acid groups (broad SMARTS) is 1. The van der Waals surface area contributed by atoms with Crippen molar-refractivity contribution in [3.8, 4) is 5.75 Å². The van der Waals surface area contributed by atoms with Gasteiger partial charge in [0.25, 0.3) is 6.47 Å². The molecule has 0 aromatic heterocycles. The minimum absolute atomic E-state index is 0.00339. The molecule has 9 heteroatoms. The number of ether oxygens (including phenoxy) is 1. The number of benzene rings is 1. The topological polar surface area (TPSA) is 128 Å². The van der Waals surface area contributed by atoms with Gasteiger partial charge in [-0.15, -0.1) is 0 Å². The van der Waals surface area contributed by atoms with Crippen LogP contribution in [0.3, 0.4) is 0 Å². The number of nitrogens with one attached hydrogen (secondary N) is 2. The van der Waals surface area contributed by atoms with E-state index in [-0.39, 0.29) is 37.0 Å². The van der Waals surface area contributed by atoms with Crippen molar-refractivity contribution >= 4 is 18.3 Å². The zero-order chi connectivity index (χ0) is 24.1. The molecule has 4 N–H and O–H groups in total. The summed E-state index contributed by atoms with van der Waals surface area (Å²) >= 11 is 0. The van der Waals surface area contributed by atoms with E-state index in [0.717, 1.165) is 36.6 Å². The molecule has 0 bridgehead atoms. The molecule has 1 aliphatic heterocycles. The van der Waals surface area contributed by atoms with E-state index < -0.39 is 0 Å². The second kappa shape index (κ2) is 14.5. The molecule has 1 saturated heterocycles. The fourth-order valence-electron chi connectivity index (χ4n) is 4.31. The molecule has 184 valence electrons. The van der Waals surface area contributed by atoms with Gasteiger partial charge in [-0.1, -0.05) is 18.2 Å². The number of hydrogen-bond donors (Lipinski definition) is 4. The first-order chi connectivity index (χ1) is 16.0. The van der Waals surface area contributed by atoms with E-state index in [9.17, 15) is 9.59 Å². The predicted octanol–water partition coefficient (Wildman–Crippen LogP) is 1.19. The van der Waals surface area contributed by atoms with Crippen LogP contribution < -0.4 is 15.4 Å². The number of rotatable bonds is 12. The molecule has 1 saturated carbocycles. The van der Waals surface area contributed by atoms with Gasteiger partial charge in [-0.3, -0.25) is 19.3 Å². The number of hydrogen-bond acceptors (Lipinski definition) is 6. The minimum Gasteiger partial charge on any atom is -0.496 e. The molecule has 1 aromatic carbocycles. The second-order valence-electron chi connectivity index (χ2n) is 8.52. The number of methoxy groups -OCH3 is 1. The molecule has 2 amide bonds. The summed E-state index contributed by atoms with van der Waals surface area (Å²) in [6.07, 6.45) is 6.04. The lowest BCUT2D eigenvalue weighted by Crippen LogP contribution is -2.45. The molecular weight excluding hydrogens is 426 g/mol. The van der Waals surface area contributed by atoms with Gasteiger partial charge in [-0.05, 0) is 49.7 Å². The second-order valence-corrected chi connectivity index (χ2v) is 8.52. The maximum Gasteiger partial charge on any atom is 0.290 e. The van der Waals surface area contributed by atoms with Gasteiger partial charge >= 0.3 is 0 Å². The number of carbonyl (C=O) groups excluding carboxylic acids is 2. The molecule has 0 unspecified atom stereocenters.